The molecule has 7 heteroatoms. The highest BCUT2D eigenvalue weighted by molar-refractivity contribution is 6.67. The van der Waals surface area contributed by atoms with Crippen LogP contribution in [0.5, 0.6) is 0 Å². The van der Waals surface area contributed by atoms with Gasteiger partial charge in [0.15, 0.2) is 0 Å². The number of hydrogen-bond donors (Lipinski definition) is 1. The standard InChI is InChI=1S/C12H12Cl6O/c1-2-3-10(19)8-5-4-7(11(13,14)15)6-9(8)12(16,17)18/h4-6,10,19H,2-3H2,1H3. The third-order valence-corrected chi connectivity index (χ3v) is 3.87. The van der Waals surface area contributed by atoms with Gasteiger partial charge in [0.25, 0.3) is 0 Å². The molecule has 1 aromatic carbocycles. The van der Waals surface area contributed by atoms with Crippen molar-refractivity contribution < 1.29 is 5.11 Å². The van der Waals surface area contributed by atoms with E-state index < -0.39 is 13.7 Å². The molecule has 1 unspecified atom stereocenters. The molecule has 0 fully saturated rings. The third kappa shape index (κ3) is 5.00. The first-order valence-corrected chi connectivity index (χ1v) is 7.80. The van der Waals surface area contributed by atoms with E-state index in [0.29, 0.717) is 23.1 Å². The Balaban J connectivity index is 3.33. The summed E-state index contributed by atoms with van der Waals surface area (Å²) in [6.45, 7) is 1.95. The van der Waals surface area contributed by atoms with Gasteiger partial charge in [-0.15, -0.1) is 0 Å². The summed E-state index contributed by atoms with van der Waals surface area (Å²) in [6.07, 6.45) is 0.633. The number of benzene rings is 1. The predicted molar refractivity (Wildman–Crippen MR) is 84.8 cm³/mol. The fourth-order valence-corrected chi connectivity index (χ4v) is 2.54. The second-order valence-corrected chi connectivity index (χ2v) is 8.66. The summed E-state index contributed by atoms with van der Waals surface area (Å²) in [6, 6.07) is 4.71. The van der Waals surface area contributed by atoms with Gasteiger partial charge in [-0.2, -0.15) is 0 Å². The van der Waals surface area contributed by atoms with E-state index in [1.165, 1.54) is 6.07 Å². The van der Waals surface area contributed by atoms with Crippen molar-refractivity contribution in [3.8, 4) is 0 Å². The van der Waals surface area contributed by atoms with Crippen LogP contribution >= 0.6 is 69.6 Å². The Morgan fingerprint density at radius 1 is 1.05 bits per heavy atom. The largest absolute Gasteiger partial charge is 0.388 e. The van der Waals surface area contributed by atoms with E-state index in [0.717, 1.165) is 6.42 Å². The van der Waals surface area contributed by atoms with Gasteiger partial charge < -0.3 is 5.11 Å². The fraction of sp³-hybridized carbons (Fsp3) is 0.500. The zero-order valence-corrected chi connectivity index (χ0v) is 14.5. The molecule has 1 atom stereocenters. The van der Waals surface area contributed by atoms with Gasteiger partial charge in [0.05, 0.1) is 6.10 Å². The summed E-state index contributed by atoms with van der Waals surface area (Å²) in [5, 5.41) is 10.1. The first kappa shape index (κ1) is 18.0. The predicted octanol–water partition coefficient (Wildman–Crippen LogP) is 6.17. The molecular weight excluding hydrogens is 373 g/mol. The van der Waals surface area contributed by atoms with Gasteiger partial charge in [-0.1, -0.05) is 95.1 Å². The van der Waals surface area contributed by atoms with Gasteiger partial charge in [-0.3, -0.25) is 0 Å². The van der Waals surface area contributed by atoms with E-state index in [-0.39, 0.29) is 0 Å². The van der Waals surface area contributed by atoms with Gasteiger partial charge in [-0.25, -0.2) is 0 Å². The number of alkyl halides is 6. The lowest BCUT2D eigenvalue weighted by Gasteiger charge is -2.22. The quantitative estimate of drug-likeness (QED) is 0.617. The van der Waals surface area contributed by atoms with Crippen molar-refractivity contribution in [2.75, 3.05) is 0 Å². The van der Waals surface area contributed by atoms with Crippen LogP contribution in [0.3, 0.4) is 0 Å². The zero-order valence-electron chi connectivity index (χ0n) is 9.94. The van der Waals surface area contributed by atoms with Gasteiger partial charge in [0.1, 0.15) is 0 Å². The summed E-state index contributed by atoms with van der Waals surface area (Å²) >= 11 is 35.2. The molecule has 0 bridgehead atoms. The summed E-state index contributed by atoms with van der Waals surface area (Å²) in [5.41, 5.74) is 1.23. The molecule has 0 heterocycles. The average molecular weight is 385 g/mol. The van der Waals surface area contributed by atoms with Gasteiger partial charge in [0, 0.05) is 11.1 Å². The second-order valence-electron chi connectivity index (χ2n) is 4.10. The third-order valence-electron chi connectivity index (χ3n) is 2.61. The van der Waals surface area contributed by atoms with Crippen molar-refractivity contribution in [2.24, 2.45) is 0 Å². The molecule has 0 amide bonds. The van der Waals surface area contributed by atoms with Crippen LogP contribution in [0.15, 0.2) is 18.2 Å². The maximum absolute atomic E-state index is 10.1. The Kier molecular flexibility index (Phi) is 6.42. The highest BCUT2D eigenvalue weighted by atomic mass is 35.6. The SMILES string of the molecule is CCCC(O)c1ccc(C(Cl)(Cl)Cl)cc1C(Cl)(Cl)Cl. The molecule has 19 heavy (non-hydrogen) atoms. The van der Waals surface area contributed by atoms with Crippen LogP contribution in [0.4, 0.5) is 0 Å². The van der Waals surface area contributed by atoms with Gasteiger partial charge >= 0.3 is 0 Å². The second kappa shape index (κ2) is 6.79. The van der Waals surface area contributed by atoms with E-state index in [1.54, 1.807) is 12.1 Å². The number of halogens is 6. The number of aliphatic hydroxyl groups is 1. The smallest absolute Gasteiger partial charge is 0.216 e. The van der Waals surface area contributed by atoms with E-state index in [2.05, 4.69) is 0 Å². The number of aliphatic hydroxyl groups excluding tert-OH is 1. The van der Waals surface area contributed by atoms with Crippen LogP contribution in [-0.4, -0.2) is 5.11 Å². The van der Waals surface area contributed by atoms with Crippen molar-refractivity contribution in [1.82, 2.24) is 0 Å². The molecule has 0 saturated heterocycles. The molecule has 1 rings (SSSR count). The molecule has 1 N–H and O–H groups in total. The van der Waals surface area contributed by atoms with E-state index in [1.807, 2.05) is 6.92 Å². The molecule has 1 aromatic rings. The monoisotopic (exact) mass is 382 g/mol. The molecule has 0 aromatic heterocycles. The highest BCUT2D eigenvalue weighted by Crippen LogP contribution is 2.46. The van der Waals surface area contributed by atoms with Crippen LogP contribution in [0.1, 0.15) is 42.6 Å². The number of hydrogen-bond acceptors (Lipinski definition) is 1. The van der Waals surface area contributed by atoms with E-state index >= 15 is 0 Å². The summed E-state index contributed by atoms with van der Waals surface area (Å²) in [4.78, 5) is 0. The Morgan fingerprint density at radius 2 is 1.63 bits per heavy atom. The van der Waals surface area contributed by atoms with E-state index in [4.69, 9.17) is 69.6 Å². The molecule has 0 saturated carbocycles. The Labute approximate surface area is 142 Å². The molecule has 108 valence electrons. The minimum Gasteiger partial charge on any atom is -0.388 e. The molecule has 0 aliphatic heterocycles. The lowest BCUT2D eigenvalue weighted by atomic mass is 9.98. The van der Waals surface area contributed by atoms with Crippen LogP contribution in [0.25, 0.3) is 0 Å². The fourth-order valence-electron chi connectivity index (χ4n) is 1.70. The van der Waals surface area contributed by atoms with Crippen LogP contribution < -0.4 is 0 Å². The maximum atomic E-state index is 10.1. The number of rotatable bonds is 3. The van der Waals surface area contributed by atoms with Gasteiger partial charge in [-0.05, 0) is 18.1 Å². The Bertz CT molecular complexity index is 435. The van der Waals surface area contributed by atoms with Crippen molar-refractivity contribution in [1.29, 1.82) is 0 Å². The Morgan fingerprint density at radius 3 is 2.05 bits per heavy atom. The van der Waals surface area contributed by atoms with Crippen molar-refractivity contribution in [2.45, 2.75) is 33.5 Å². The molecular formula is C12H12Cl6O. The van der Waals surface area contributed by atoms with Crippen LogP contribution in [0.2, 0.25) is 0 Å². The molecule has 0 aliphatic rings. The lowest BCUT2D eigenvalue weighted by molar-refractivity contribution is 0.165. The molecule has 1 nitrogen and oxygen atoms in total. The average Bonchev–Trinajstić information content (AvgIpc) is 2.26. The summed E-state index contributed by atoms with van der Waals surface area (Å²) < 4.78 is -3.31. The minimum absolute atomic E-state index is 0.322. The minimum atomic E-state index is -1.70. The summed E-state index contributed by atoms with van der Waals surface area (Å²) in [5.74, 6) is 0. The lowest BCUT2D eigenvalue weighted by Crippen LogP contribution is -2.12. The van der Waals surface area contributed by atoms with Crippen molar-refractivity contribution in [3.05, 3.63) is 34.9 Å². The zero-order chi connectivity index (χ0) is 14.8. The van der Waals surface area contributed by atoms with Gasteiger partial charge in [0.2, 0.25) is 7.59 Å². The first-order valence-electron chi connectivity index (χ1n) is 5.53. The maximum Gasteiger partial charge on any atom is 0.216 e. The Hall–Kier alpha value is 0.920. The molecule has 0 aliphatic carbocycles. The topological polar surface area (TPSA) is 20.2 Å². The molecule has 0 spiro atoms. The van der Waals surface area contributed by atoms with E-state index in [9.17, 15) is 5.11 Å². The normalized spacial score (nSPS) is 14.5. The highest BCUT2D eigenvalue weighted by Gasteiger charge is 2.32. The first-order chi connectivity index (χ1) is 8.57. The van der Waals surface area contributed by atoms with Crippen LogP contribution in [0, 0.1) is 0 Å². The van der Waals surface area contributed by atoms with Crippen molar-refractivity contribution in [3.63, 3.8) is 0 Å². The summed E-state index contributed by atoms with van der Waals surface area (Å²) in [7, 11) is 0. The molecule has 0 radical (unpaired) electrons. The van der Waals surface area contributed by atoms with Crippen molar-refractivity contribution >= 4 is 69.6 Å². The van der Waals surface area contributed by atoms with Crippen LogP contribution in [-0.2, 0) is 7.59 Å².